The Balaban J connectivity index is 2.07. The minimum absolute atomic E-state index is 0.0167. The van der Waals surface area contributed by atoms with Crippen LogP contribution in [0.2, 0.25) is 0 Å². The third kappa shape index (κ3) is 3.46. The lowest BCUT2D eigenvalue weighted by molar-refractivity contribution is -0.119. The number of aromatic nitrogens is 1. The molecule has 108 valence electrons. The second-order valence-corrected chi connectivity index (χ2v) is 5.58. The van der Waals surface area contributed by atoms with Crippen LogP contribution in [0, 0.1) is 5.92 Å². The summed E-state index contributed by atoms with van der Waals surface area (Å²) in [7, 11) is 1.63. The zero-order chi connectivity index (χ0) is 14.5. The summed E-state index contributed by atoms with van der Waals surface area (Å²) in [4.78, 5) is 16.4. The molecule has 0 radical (unpaired) electrons. The molecule has 0 saturated heterocycles. The number of hydrogen-bond donors (Lipinski definition) is 2. The summed E-state index contributed by atoms with van der Waals surface area (Å²) in [5.74, 6) is 0.688. The first-order valence-electron chi connectivity index (χ1n) is 6.60. The number of thiazole rings is 1. The van der Waals surface area contributed by atoms with Crippen LogP contribution < -0.4 is 15.4 Å². The Hall–Kier alpha value is -1.66. The Morgan fingerprint density at radius 3 is 3.00 bits per heavy atom. The molecule has 1 atom stereocenters. The molecule has 0 saturated carbocycles. The summed E-state index contributed by atoms with van der Waals surface area (Å²) < 4.78 is 6.18. The van der Waals surface area contributed by atoms with E-state index >= 15 is 0 Å². The average Bonchev–Trinajstić information content (AvgIpc) is 2.85. The van der Waals surface area contributed by atoms with E-state index < -0.39 is 0 Å². The van der Waals surface area contributed by atoms with Crippen LogP contribution in [0.4, 0.5) is 5.13 Å². The number of nitrogens with zero attached hydrogens (tertiary/aromatic N) is 1. The summed E-state index contributed by atoms with van der Waals surface area (Å²) in [5, 5.41) is 6.65. The van der Waals surface area contributed by atoms with Crippen molar-refractivity contribution in [3.05, 3.63) is 18.2 Å². The molecular formula is C14H19N3O2S. The molecule has 0 aliphatic rings. The van der Waals surface area contributed by atoms with Crippen LogP contribution in [-0.2, 0) is 4.79 Å². The van der Waals surface area contributed by atoms with E-state index in [-0.39, 0.29) is 11.8 Å². The standard InChI is InChI=1S/C14H19N3O2S/c1-4-15-8-9(2)13(18)17-14-16-11-6-5-10(19-3)7-12(11)20-14/h5-7,9,15H,4,8H2,1-3H3,(H,16,17,18). The molecule has 0 fully saturated rings. The maximum atomic E-state index is 12.0. The maximum absolute atomic E-state index is 12.0. The van der Waals surface area contributed by atoms with E-state index in [1.165, 1.54) is 11.3 Å². The lowest BCUT2D eigenvalue weighted by Gasteiger charge is -2.10. The molecule has 2 aromatic rings. The van der Waals surface area contributed by atoms with E-state index in [0.717, 1.165) is 22.5 Å². The minimum Gasteiger partial charge on any atom is -0.497 e. The quantitative estimate of drug-likeness (QED) is 0.859. The second kappa shape index (κ2) is 6.67. The molecule has 20 heavy (non-hydrogen) atoms. The number of methoxy groups -OCH3 is 1. The number of fused-ring (bicyclic) bond motifs is 1. The van der Waals surface area contributed by atoms with E-state index in [1.807, 2.05) is 32.0 Å². The Labute approximate surface area is 122 Å². The molecule has 1 amide bonds. The highest BCUT2D eigenvalue weighted by Crippen LogP contribution is 2.29. The zero-order valence-electron chi connectivity index (χ0n) is 11.9. The van der Waals surface area contributed by atoms with E-state index in [1.54, 1.807) is 7.11 Å². The highest BCUT2D eigenvalue weighted by atomic mass is 32.1. The molecule has 1 aromatic heterocycles. The van der Waals surface area contributed by atoms with Gasteiger partial charge in [0.1, 0.15) is 5.75 Å². The number of rotatable bonds is 6. The molecule has 6 heteroatoms. The number of carbonyl (C=O) groups is 1. The zero-order valence-corrected chi connectivity index (χ0v) is 12.7. The van der Waals surface area contributed by atoms with Gasteiger partial charge in [-0.3, -0.25) is 4.79 Å². The van der Waals surface area contributed by atoms with Gasteiger partial charge < -0.3 is 15.4 Å². The van der Waals surface area contributed by atoms with Crippen LogP contribution in [0.25, 0.3) is 10.2 Å². The number of anilines is 1. The van der Waals surface area contributed by atoms with Crippen molar-refractivity contribution in [1.82, 2.24) is 10.3 Å². The number of amides is 1. The van der Waals surface area contributed by atoms with E-state index in [2.05, 4.69) is 15.6 Å². The number of benzene rings is 1. The first kappa shape index (κ1) is 14.7. The van der Waals surface area contributed by atoms with Crippen LogP contribution >= 0.6 is 11.3 Å². The van der Waals surface area contributed by atoms with Crippen molar-refractivity contribution in [1.29, 1.82) is 0 Å². The van der Waals surface area contributed by atoms with Gasteiger partial charge >= 0.3 is 0 Å². The van der Waals surface area contributed by atoms with E-state index in [9.17, 15) is 4.79 Å². The third-order valence-corrected chi connectivity index (χ3v) is 3.91. The lowest BCUT2D eigenvalue weighted by Crippen LogP contribution is -2.30. The fourth-order valence-corrected chi connectivity index (χ4v) is 2.66. The molecule has 2 N–H and O–H groups in total. The molecule has 0 spiro atoms. The fourth-order valence-electron chi connectivity index (χ4n) is 1.77. The highest BCUT2D eigenvalue weighted by Gasteiger charge is 2.14. The predicted octanol–water partition coefficient (Wildman–Crippen LogP) is 2.49. The van der Waals surface area contributed by atoms with Crippen molar-refractivity contribution in [2.75, 3.05) is 25.5 Å². The Kier molecular flexibility index (Phi) is 4.92. The first-order chi connectivity index (χ1) is 9.63. The topological polar surface area (TPSA) is 63.2 Å². The molecule has 1 heterocycles. The number of hydrogen-bond acceptors (Lipinski definition) is 5. The average molecular weight is 293 g/mol. The number of carbonyl (C=O) groups excluding carboxylic acids is 1. The SMILES string of the molecule is CCNCC(C)C(=O)Nc1nc2ccc(OC)cc2s1. The van der Waals surface area contributed by atoms with Gasteiger partial charge in [-0.2, -0.15) is 0 Å². The third-order valence-electron chi connectivity index (χ3n) is 2.97. The Morgan fingerprint density at radius 2 is 2.30 bits per heavy atom. The highest BCUT2D eigenvalue weighted by molar-refractivity contribution is 7.22. The molecule has 1 aromatic carbocycles. The van der Waals surface area contributed by atoms with Crippen molar-refractivity contribution in [2.24, 2.45) is 5.92 Å². The van der Waals surface area contributed by atoms with Crippen molar-refractivity contribution in [2.45, 2.75) is 13.8 Å². The van der Waals surface area contributed by atoms with Gasteiger partial charge in [0.25, 0.3) is 0 Å². The van der Waals surface area contributed by atoms with Gasteiger partial charge in [0, 0.05) is 12.5 Å². The lowest BCUT2D eigenvalue weighted by atomic mass is 10.1. The molecule has 5 nitrogen and oxygen atoms in total. The van der Waals surface area contributed by atoms with Gasteiger partial charge in [0.15, 0.2) is 5.13 Å². The smallest absolute Gasteiger partial charge is 0.230 e. The Morgan fingerprint density at radius 1 is 1.50 bits per heavy atom. The molecule has 0 aliphatic carbocycles. The minimum atomic E-state index is -0.0866. The molecule has 0 bridgehead atoms. The summed E-state index contributed by atoms with van der Waals surface area (Å²) in [5.41, 5.74) is 0.866. The molecule has 0 aliphatic heterocycles. The number of ether oxygens (including phenoxy) is 1. The summed E-state index contributed by atoms with van der Waals surface area (Å²) in [6.07, 6.45) is 0. The van der Waals surface area contributed by atoms with Crippen LogP contribution in [0.15, 0.2) is 18.2 Å². The van der Waals surface area contributed by atoms with Crippen LogP contribution in [0.1, 0.15) is 13.8 Å². The van der Waals surface area contributed by atoms with Crippen molar-refractivity contribution in [3.8, 4) is 5.75 Å². The van der Waals surface area contributed by atoms with Gasteiger partial charge in [0.05, 0.1) is 17.3 Å². The fraction of sp³-hybridized carbons (Fsp3) is 0.429. The molecule has 1 unspecified atom stereocenters. The predicted molar refractivity (Wildman–Crippen MR) is 82.5 cm³/mol. The second-order valence-electron chi connectivity index (χ2n) is 4.55. The summed E-state index contributed by atoms with van der Waals surface area (Å²) >= 11 is 1.45. The largest absolute Gasteiger partial charge is 0.497 e. The maximum Gasteiger partial charge on any atom is 0.230 e. The van der Waals surface area contributed by atoms with E-state index in [4.69, 9.17) is 4.74 Å². The first-order valence-corrected chi connectivity index (χ1v) is 7.41. The van der Waals surface area contributed by atoms with Crippen molar-refractivity contribution >= 4 is 32.6 Å². The van der Waals surface area contributed by atoms with Crippen molar-refractivity contribution in [3.63, 3.8) is 0 Å². The van der Waals surface area contributed by atoms with Crippen LogP contribution in [0.5, 0.6) is 5.75 Å². The molecule has 2 rings (SSSR count). The van der Waals surface area contributed by atoms with Gasteiger partial charge in [-0.1, -0.05) is 25.2 Å². The summed E-state index contributed by atoms with van der Waals surface area (Å²) in [6, 6.07) is 5.68. The van der Waals surface area contributed by atoms with Crippen LogP contribution in [-0.4, -0.2) is 31.1 Å². The van der Waals surface area contributed by atoms with Gasteiger partial charge in [-0.25, -0.2) is 4.98 Å². The Bertz CT molecular complexity index is 597. The summed E-state index contributed by atoms with van der Waals surface area (Å²) in [6.45, 7) is 5.44. The van der Waals surface area contributed by atoms with E-state index in [0.29, 0.717) is 11.7 Å². The van der Waals surface area contributed by atoms with Gasteiger partial charge in [-0.05, 0) is 24.7 Å². The normalized spacial score (nSPS) is 12.3. The molecular weight excluding hydrogens is 274 g/mol. The van der Waals surface area contributed by atoms with Gasteiger partial charge in [-0.15, -0.1) is 0 Å². The monoisotopic (exact) mass is 293 g/mol. The van der Waals surface area contributed by atoms with Crippen LogP contribution in [0.3, 0.4) is 0 Å². The van der Waals surface area contributed by atoms with Gasteiger partial charge in [0.2, 0.25) is 5.91 Å². The van der Waals surface area contributed by atoms with Crippen molar-refractivity contribution < 1.29 is 9.53 Å². The number of nitrogens with one attached hydrogen (secondary N) is 2.